The van der Waals surface area contributed by atoms with E-state index in [2.05, 4.69) is 25.7 Å². The van der Waals surface area contributed by atoms with Crippen molar-refractivity contribution in [3.05, 3.63) is 58.6 Å². The third kappa shape index (κ3) is 5.75. The number of hydrogen-bond donors (Lipinski definition) is 2. The number of rotatable bonds is 7. The molecule has 2 N–H and O–H groups in total. The number of hydrogen-bond acceptors (Lipinski definition) is 5. The van der Waals surface area contributed by atoms with Crippen LogP contribution in [0.25, 0.3) is 11.5 Å². The van der Waals surface area contributed by atoms with Gasteiger partial charge < -0.3 is 15.1 Å². The molecule has 0 spiro atoms. The Morgan fingerprint density at radius 1 is 1.23 bits per heavy atom. The third-order valence-corrected chi connectivity index (χ3v) is 5.10. The van der Waals surface area contributed by atoms with Crippen LogP contribution in [0.4, 0.5) is 0 Å². The number of halogens is 1. The summed E-state index contributed by atoms with van der Waals surface area (Å²) in [6, 6.07) is 9.80. The fourth-order valence-corrected chi connectivity index (χ4v) is 3.53. The fraction of sp³-hybridized carbons (Fsp3) is 0.429. The highest BCUT2D eigenvalue weighted by atomic mass is 127. The summed E-state index contributed by atoms with van der Waals surface area (Å²) in [7, 11) is 1.72. The van der Waals surface area contributed by atoms with Crippen molar-refractivity contribution < 1.29 is 4.42 Å². The molecule has 4 rings (SSSR count). The van der Waals surface area contributed by atoms with E-state index >= 15 is 0 Å². The molecule has 31 heavy (non-hydrogen) atoms. The van der Waals surface area contributed by atoms with Gasteiger partial charge in [-0.2, -0.15) is 5.10 Å². The maximum absolute atomic E-state index is 12.4. The normalized spacial score (nSPS) is 13.4. The van der Waals surface area contributed by atoms with Gasteiger partial charge in [0.05, 0.1) is 12.2 Å². The van der Waals surface area contributed by atoms with Gasteiger partial charge in [-0.25, -0.2) is 14.5 Å². The first-order chi connectivity index (χ1) is 14.7. The zero-order chi connectivity index (χ0) is 20.8. The number of guanidine groups is 1. The number of fused-ring (bicyclic) bond motifs is 1. The smallest absolute Gasteiger partial charge is 0.345 e. The van der Waals surface area contributed by atoms with Crippen molar-refractivity contribution in [3.63, 3.8) is 0 Å². The minimum absolute atomic E-state index is 0. The average molecular weight is 537 g/mol. The van der Waals surface area contributed by atoms with Crippen molar-refractivity contribution in [2.24, 2.45) is 4.99 Å². The average Bonchev–Trinajstić information content (AvgIpc) is 3.39. The van der Waals surface area contributed by atoms with Gasteiger partial charge in [0.2, 0.25) is 5.89 Å². The highest BCUT2D eigenvalue weighted by Crippen LogP contribution is 2.17. The molecular weight excluding hydrogens is 509 g/mol. The predicted molar refractivity (Wildman–Crippen MR) is 130 cm³/mol. The van der Waals surface area contributed by atoms with Gasteiger partial charge in [-0.05, 0) is 31.4 Å². The molecule has 1 aromatic carbocycles. The van der Waals surface area contributed by atoms with Crippen LogP contribution in [0, 0.1) is 0 Å². The van der Waals surface area contributed by atoms with Gasteiger partial charge in [-0.15, -0.1) is 24.0 Å². The number of oxazole rings is 1. The van der Waals surface area contributed by atoms with Crippen LogP contribution in [-0.2, 0) is 26.1 Å². The zero-order valence-electron chi connectivity index (χ0n) is 17.6. The van der Waals surface area contributed by atoms with E-state index in [1.165, 1.54) is 0 Å². The molecule has 9 nitrogen and oxygen atoms in total. The van der Waals surface area contributed by atoms with Crippen molar-refractivity contribution in [3.8, 4) is 11.5 Å². The Morgan fingerprint density at radius 3 is 2.84 bits per heavy atom. The Kier molecular flexibility index (Phi) is 8.27. The van der Waals surface area contributed by atoms with Gasteiger partial charge >= 0.3 is 5.69 Å². The monoisotopic (exact) mass is 537 g/mol. The number of nitrogens with one attached hydrogen (secondary N) is 2. The molecule has 166 valence electrons. The van der Waals surface area contributed by atoms with Crippen molar-refractivity contribution in [1.82, 2.24) is 30.0 Å². The van der Waals surface area contributed by atoms with Crippen molar-refractivity contribution >= 4 is 29.9 Å². The molecule has 0 saturated heterocycles. The van der Waals surface area contributed by atoms with E-state index in [0.29, 0.717) is 31.5 Å². The molecular formula is C21H28IN7O2. The zero-order valence-corrected chi connectivity index (χ0v) is 19.9. The summed E-state index contributed by atoms with van der Waals surface area (Å²) >= 11 is 0. The number of aromatic nitrogens is 4. The van der Waals surface area contributed by atoms with Crippen molar-refractivity contribution in [2.45, 2.75) is 45.3 Å². The summed E-state index contributed by atoms with van der Waals surface area (Å²) in [5.74, 6) is 2.19. The van der Waals surface area contributed by atoms with E-state index in [1.54, 1.807) is 22.6 Å². The first-order valence-corrected chi connectivity index (χ1v) is 10.4. The lowest BCUT2D eigenvalue weighted by Crippen LogP contribution is -2.38. The molecule has 0 unspecified atom stereocenters. The van der Waals surface area contributed by atoms with Crippen LogP contribution in [0.3, 0.4) is 0 Å². The maximum atomic E-state index is 12.4. The minimum atomic E-state index is 0. The van der Waals surface area contributed by atoms with Crippen LogP contribution in [0.5, 0.6) is 0 Å². The third-order valence-electron chi connectivity index (χ3n) is 5.10. The standard InChI is InChI=1S/C21H27N7O2.HI/c1-22-20(24-14-17-15-30-19(25-17)16-8-3-2-4-9-16)23-11-7-13-28-21(29)27-12-6-5-10-18(27)26-28;/h2-4,8-9,15H,5-7,10-14H2,1H3,(H2,22,23,24);1H. The van der Waals surface area contributed by atoms with Gasteiger partial charge in [0.25, 0.3) is 0 Å². The van der Waals surface area contributed by atoms with Crippen LogP contribution in [0.15, 0.2) is 50.8 Å². The van der Waals surface area contributed by atoms with E-state index in [1.807, 2.05) is 30.3 Å². The Morgan fingerprint density at radius 2 is 2.06 bits per heavy atom. The molecule has 0 fully saturated rings. The number of benzene rings is 1. The molecule has 3 aromatic rings. The molecule has 2 aromatic heterocycles. The molecule has 0 atom stereocenters. The summed E-state index contributed by atoms with van der Waals surface area (Å²) in [6.07, 6.45) is 5.48. The van der Waals surface area contributed by atoms with Crippen LogP contribution in [-0.4, -0.2) is 38.9 Å². The Balaban J connectivity index is 0.00000272. The lowest BCUT2D eigenvalue weighted by molar-refractivity contribution is 0.509. The quantitative estimate of drug-likeness (QED) is 0.208. The molecule has 0 aliphatic carbocycles. The van der Waals surface area contributed by atoms with Gasteiger partial charge in [0, 0.05) is 38.7 Å². The van der Waals surface area contributed by atoms with Crippen LogP contribution in [0.1, 0.15) is 30.8 Å². The maximum Gasteiger partial charge on any atom is 0.345 e. The van der Waals surface area contributed by atoms with Gasteiger partial charge in [-0.1, -0.05) is 18.2 Å². The summed E-state index contributed by atoms with van der Waals surface area (Å²) in [6.45, 7) is 2.56. The minimum Gasteiger partial charge on any atom is -0.444 e. The number of aryl methyl sites for hydroxylation is 2. The van der Waals surface area contributed by atoms with Crippen LogP contribution < -0.4 is 16.3 Å². The second-order valence-electron chi connectivity index (χ2n) is 7.25. The molecule has 1 aliphatic heterocycles. The lowest BCUT2D eigenvalue weighted by Gasteiger charge is -2.10. The molecule has 0 saturated carbocycles. The fourth-order valence-electron chi connectivity index (χ4n) is 3.53. The first-order valence-electron chi connectivity index (χ1n) is 10.4. The molecule has 3 heterocycles. The first kappa shape index (κ1) is 23.0. The molecule has 1 aliphatic rings. The summed E-state index contributed by atoms with van der Waals surface area (Å²) in [5.41, 5.74) is 1.75. The summed E-state index contributed by atoms with van der Waals surface area (Å²) in [4.78, 5) is 21.1. The molecule has 0 amide bonds. The predicted octanol–water partition coefficient (Wildman–Crippen LogP) is 2.41. The van der Waals surface area contributed by atoms with Gasteiger partial charge in [0.1, 0.15) is 12.1 Å². The Labute approximate surface area is 198 Å². The second kappa shape index (κ2) is 11.1. The van der Waals surface area contributed by atoms with Crippen LogP contribution >= 0.6 is 24.0 Å². The van der Waals surface area contributed by atoms with Crippen LogP contribution in [0.2, 0.25) is 0 Å². The topological polar surface area (TPSA) is 102 Å². The SMILES string of the molecule is CN=C(NCCCn1nc2n(c1=O)CCCC2)NCc1coc(-c2ccccc2)n1.I. The van der Waals surface area contributed by atoms with E-state index in [9.17, 15) is 4.79 Å². The number of aliphatic imine (C=N–C) groups is 1. The Hall–Kier alpha value is -2.63. The lowest BCUT2D eigenvalue weighted by atomic mass is 10.2. The van der Waals surface area contributed by atoms with E-state index in [0.717, 1.165) is 49.3 Å². The van der Waals surface area contributed by atoms with Gasteiger partial charge in [-0.3, -0.25) is 9.56 Å². The molecule has 0 radical (unpaired) electrons. The largest absolute Gasteiger partial charge is 0.444 e. The highest BCUT2D eigenvalue weighted by molar-refractivity contribution is 14.0. The van der Waals surface area contributed by atoms with E-state index < -0.39 is 0 Å². The number of nitrogens with zero attached hydrogens (tertiary/aromatic N) is 5. The highest BCUT2D eigenvalue weighted by Gasteiger charge is 2.16. The van der Waals surface area contributed by atoms with E-state index in [4.69, 9.17) is 4.42 Å². The van der Waals surface area contributed by atoms with Crippen molar-refractivity contribution in [1.29, 1.82) is 0 Å². The van der Waals surface area contributed by atoms with E-state index in [-0.39, 0.29) is 29.7 Å². The molecule has 10 heteroatoms. The van der Waals surface area contributed by atoms with Crippen molar-refractivity contribution in [2.75, 3.05) is 13.6 Å². The Bertz CT molecular complexity index is 1060. The summed E-state index contributed by atoms with van der Waals surface area (Å²) in [5, 5.41) is 11.0. The second-order valence-corrected chi connectivity index (χ2v) is 7.25. The summed E-state index contributed by atoms with van der Waals surface area (Å²) < 4.78 is 8.94. The van der Waals surface area contributed by atoms with Gasteiger partial charge in [0.15, 0.2) is 5.96 Å². The molecule has 0 bridgehead atoms.